The Labute approximate surface area is 186 Å². The van der Waals surface area contributed by atoms with E-state index in [9.17, 15) is 23.8 Å². The zero-order valence-corrected chi connectivity index (χ0v) is 17.0. The first-order valence-electron chi connectivity index (χ1n) is 9.79. The Kier molecular flexibility index (Phi) is 6.20. The number of aliphatic hydroxyl groups is 2. The fraction of sp³-hybridized carbons (Fsp3) is 0.130. The summed E-state index contributed by atoms with van der Waals surface area (Å²) in [5.74, 6) is -2.50. The number of ether oxygens (including phenoxy) is 1. The molecule has 0 saturated heterocycles. The molecule has 10 heteroatoms. The van der Waals surface area contributed by atoms with Gasteiger partial charge in [0.1, 0.15) is 41.4 Å². The SMILES string of the molecule is C=C[C@H]1OC(c2ccncc2NC(=O)c2ccnc(-c3c(F)cccc3F)n2)=C[C@@H](O)[C@@H]1O. The Morgan fingerprint density at radius 3 is 2.64 bits per heavy atom. The average molecular weight is 452 g/mol. The molecule has 0 spiro atoms. The highest BCUT2D eigenvalue weighted by Gasteiger charge is 2.31. The highest BCUT2D eigenvalue weighted by Crippen LogP contribution is 2.31. The minimum Gasteiger partial charge on any atom is -0.483 e. The van der Waals surface area contributed by atoms with Crippen molar-refractivity contribution in [2.45, 2.75) is 18.3 Å². The molecule has 1 aliphatic heterocycles. The van der Waals surface area contributed by atoms with Gasteiger partial charge in [-0.1, -0.05) is 12.6 Å². The molecular formula is C23H18F2N4O4. The number of carbonyl (C=O) groups is 1. The molecule has 1 aromatic carbocycles. The zero-order valence-electron chi connectivity index (χ0n) is 17.0. The van der Waals surface area contributed by atoms with Crippen LogP contribution >= 0.6 is 0 Å². The van der Waals surface area contributed by atoms with E-state index in [0.29, 0.717) is 5.56 Å². The summed E-state index contributed by atoms with van der Waals surface area (Å²) in [6, 6.07) is 6.18. The van der Waals surface area contributed by atoms with Crippen LogP contribution in [-0.4, -0.2) is 49.4 Å². The van der Waals surface area contributed by atoms with Crippen LogP contribution in [0.15, 0.2) is 67.7 Å². The van der Waals surface area contributed by atoms with Gasteiger partial charge in [-0.2, -0.15) is 0 Å². The topological polar surface area (TPSA) is 117 Å². The van der Waals surface area contributed by atoms with Gasteiger partial charge in [-0.05, 0) is 36.4 Å². The molecule has 8 nitrogen and oxygen atoms in total. The van der Waals surface area contributed by atoms with Crippen LogP contribution in [0.25, 0.3) is 17.1 Å². The fourth-order valence-corrected chi connectivity index (χ4v) is 3.26. The Hall–Kier alpha value is -4.02. The van der Waals surface area contributed by atoms with Crippen molar-refractivity contribution in [1.82, 2.24) is 15.0 Å². The van der Waals surface area contributed by atoms with Crippen molar-refractivity contribution >= 4 is 17.4 Å². The van der Waals surface area contributed by atoms with Crippen LogP contribution in [0.2, 0.25) is 0 Å². The lowest BCUT2D eigenvalue weighted by molar-refractivity contribution is -0.0339. The highest BCUT2D eigenvalue weighted by molar-refractivity contribution is 6.04. The van der Waals surface area contributed by atoms with Gasteiger partial charge in [-0.15, -0.1) is 0 Å². The fourth-order valence-electron chi connectivity index (χ4n) is 3.26. The molecule has 0 unspecified atom stereocenters. The van der Waals surface area contributed by atoms with Crippen LogP contribution in [0, 0.1) is 11.6 Å². The van der Waals surface area contributed by atoms with Gasteiger partial charge in [0.2, 0.25) is 0 Å². The molecule has 0 saturated carbocycles. The lowest BCUT2D eigenvalue weighted by atomic mass is 10.0. The molecular weight excluding hydrogens is 434 g/mol. The standard InChI is InChI=1S/C23H18F2N4O4/c1-2-18-21(31)17(30)10-19(33-18)12-6-8-26-11-16(12)29-23(32)15-7-9-27-22(28-15)20-13(24)4-3-5-14(20)25/h2-11,17-18,21,30-31H,1H2,(H,29,32)/t17-,18-,21+/m1/s1. The third-order valence-corrected chi connectivity index (χ3v) is 4.91. The summed E-state index contributed by atoms with van der Waals surface area (Å²) >= 11 is 0. The lowest BCUT2D eigenvalue weighted by Crippen LogP contribution is -2.40. The molecule has 3 aromatic rings. The number of aromatic nitrogens is 3. The second-order valence-corrected chi connectivity index (χ2v) is 7.07. The monoisotopic (exact) mass is 452 g/mol. The number of halogens is 2. The summed E-state index contributed by atoms with van der Waals surface area (Å²) < 4.78 is 33.9. The first-order valence-corrected chi connectivity index (χ1v) is 9.79. The summed E-state index contributed by atoms with van der Waals surface area (Å²) in [4.78, 5) is 24.7. The molecule has 0 bridgehead atoms. The number of aliphatic hydroxyl groups excluding tert-OH is 2. The number of hydrogen-bond donors (Lipinski definition) is 3. The number of carbonyl (C=O) groups excluding carboxylic acids is 1. The van der Waals surface area contributed by atoms with Crippen LogP contribution in [0.3, 0.4) is 0 Å². The van der Waals surface area contributed by atoms with Gasteiger partial charge in [-0.25, -0.2) is 18.7 Å². The molecule has 3 N–H and O–H groups in total. The van der Waals surface area contributed by atoms with Crippen LogP contribution in [0.4, 0.5) is 14.5 Å². The number of amides is 1. The zero-order chi connectivity index (χ0) is 23.5. The van der Waals surface area contributed by atoms with E-state index in [2.05, 4.69) is 26.8 Å². The molecule has 4 rings (SSSR count). The van der Waals surface area contributed by atoms with Gasteiger partial charge in [0.25, 0.3) is 5.91 Å². The van der Waals surface area contributed by atoms with Crippen LogP contribution in [0.5, 0.6) is 0 Å². The number of nitrogens with one attached hydrogen (secondary N) is 1. The Bertz CT molecular complexity index is 1230. The average Bonchev–Trinajstić information content (AvgIpc) is 2.81. The summed E-state index contributed by atoms with van der Waals surface area (Å²) in [6.45, 7) is 3.58. The smallest absolute Gasteiger partial charge is 0.274 e. The van der Waals surface area contributed by atoms with E-state index in [-0.39, 0.29) is 23.0 Å². The van der Waals surface area contributed by atoms with Gasteiger partial charge in [-0.3, -0.25) is 9.78 Å². The number of benzene rings is 1. The van der Waals surface area contributed by atoms with E-state index in [1.807, 2.05) is 0 Å². The molecule has 168 valence electrons. The summed E-state index contributed by atoms with van der Waals surface area (Å²) in [5.41, 5.74) is 0.0105. The lowest BCUT2D eigenvalue weighted by Gasteiger charge is -2.30. The number of anilines is 1. The molecule has 1 aliphatic rings. The Morgan fingerprint density at radius 2 is 1.91 bits per heavy atom. The summed E-state index contributed by atoms with van der Waals surface area (Å²) in [5, 5.41) is 22.7. The minimum atomic E-state index is -1.21. The van der Waals surface area contributed by atoms with Crippen molar-refractivity contribution < 1.29 is 28.5 Å². The second kappa shape index (κ2) is 9.23. The molecule has 3 atom stereocenters. The molecule has 2 aromatic heterocycles. The predicted octanol–water partition coefficient (Wildman–Crippen LogP) is 2.72. The molecule has 0 aliphatic carbocycles. The first-order chi connectivity index (χ1) is 15.9. The van der Waals surface area contributed by atoms with E-state index >= 15 is 0 Å². The van der Waals surface area contributed by atoms with Crippen molar-refractivity contribution in [2.75, 3.05) is 5.32 Å². The van der Waals surface area contributed by atoms with Crippen LogP contribution in [-0.2, 0) is 4.74 Å². The Morgan fingerprint density at radius 1 is 1.15 bits per heavy atom. The number of hydrogen-bond acceptors (Lipinski definition) is 7. The van der Waals surface area contributed by atoms with E-state index in [1.165, 1.54) is 42.9 Å². The van der Waals surface area contributed by atoms with Crippen LogP contribution < -0.4 is 5.32 Å². The van der Waals surface area contributed by atoms with Gasteiger partial charge < -0.3 is 20.3 Å². The Balaban J connectivity index is 1.64. The molecule has 0 radical (unpaired) electrons. The van der Waals surface area contributed by atoms with Crippen LogP contribution in [0.1, 0.15) is 16.1 Å². The number of rotatable bonds is 5. The third kappa shape index (κ3) is 4.47. The van der Waals surface area contributed by atoms with E-state index in [0.717, 1.165) is 12.1 Å². The normalized spacial score (nSPS) is 19.9. The minimum absolute atomic E-state index is 0.143. The van der Waals surface area contributed by atoms with E-state index in [1.54, 1.807) is 6.07 Å². The quantitative estimate of drug-likeness (QED) is 0.510. The summed E-state index contributed by atoms with van der Waals surface area (Å²) in [7, 11) is 0. The number of nitrogens with zero attached hydrogens (tertiary/aromatic N) is 3. The largest absolute Gasteiger partial charge is 0.483 e. The second-order valence-electron chi connectivity index (χ2n) is 7.07. The van der Waals surface area contributed by atoms with Crippen molar-refractivity contribution in [3.63, 3.8) is 0 Å². The number of pyridine rings is 1. The highest BCUT2D eigenvalue weighted by atomic mass is 19.1. The maximum absolute atomic E-state index is 14.1. The van der Waals surface area contributed by atoms with Crippen molar-refractivity contribution in [3.05, 3.63) is 90.5 Å². The maximum Gasteiger partial charge on any atom is 0.274 e. The van der Waals surface area contributed by atoms with Crippen molar-refractivity contribution in [3.8, 4) is 11.4 Å². The summed E-state index contributed by atoms with van der Waals surface area (Å²) in [6.07, 6.45) is 3.42. The first kappa shape index (κ1) is 22.2. The van der Waals surface area contributed by atoms with Gasteiger partial charge >= 0.3 is 0 Å². The molecule has 33 heavy (non-hydrogen) atoms. The molecule has 0 fully saturated rings. The van der Waals surface area contributed by atoms with Gasteiger partial charge in [0.05, 0.1) is 17.4 Å². The van der Waals surface area contributed by atoms with Gasteiger partial charge in [0.15, 0.2) is 5.82 Å². The molecule has 3 heterocycles. The van der Waals surface area contributed by atoms with Gasteiger partial charge in [0, 0.05) is 18.0 Å². The third-order valence-electron chi connectivity index (χ3n) is 4.91. The van der Waals surface area contributed by atoms with E-state index < -0.39 is 41.4 Å². The van der Waals surface area contributed by atoms with E-state index in [4.69, 9.17) is 4.74 Å². The maximum atomic E-state index is 14.1. The predicted molar refractivity (Wildman–Crippen MR) is 115 cm³/mol. The van der Waals surface area contributed by atoms with Crippen molar-refractivity contribution in [1.29, 1.82) is 0 Å². The van der Waals surface area contributed by atoms with Crippen molar-refractivity contribution in [2.24, 2.45) is 0 Å². The molecule has 1 amide bonds.